The molecule has 1 saturated carbocycles. The maximum atomic E-state index is 13.9. The first kappa shape index (κ1) is 63.4. The average Bonchev–Trinajstić information content (AvgIpc) is 3.36. The van der Waals surface area contributed by atoms with Gasteiger partial charge in [-0.15, -0.1) is 0 Å². The van der Waals surface area contributed by atoms with Crippen molar-refractivity contribution in [2.24, 2.45) is 0 Å². The molecule has 0 spiro atoms. The van der Waals surface area contributed by atoms with E-state index < -0.39 is 156 Å². The van der Waals surface area contributed by atoms with Gasteiger partial charge in [0, 0.05) is 38.2 Å². The minimum Gasteiger partial charge on any atom is -0.465 e. The second-order valence-corrected chi connectivity index (χ2v) is 21.3. The minimum atomic E-state index is -2.09. The lowest BCUT2D eigenvalue weighted by molar-refractivity contribution is -0.385. The largest absolute Gasteiger partial charge is 0.465 e. The van der Waals surface area contributed by atoms with E-state index in [9.17, 15) is 69.4 Å². The van der Waals surface area contributed by atoms with Crippen LogP contribution in [0, 0.1) is 20.2 Å². The number of carbonyl (C=O) groups is 6. The minimum absolute atomic E-state index is 0.0766. The Morgan fingerprint density at radius 2 is 1.25 bits per heavy atom. The summed E-state index contributed by atoms with van der Waals surface area (Å²) >= 11 is 0. The Balaban J connectivity index is 1.52. The molecule has 442 valence electrons. The zero-order valence-electron chi connectivity index (χ0n) is 45.5. The number of hydrogen-bond donors (Lipinski definition) is 9. The van der Waals surface area contributed by atoms with E-state index in [1.54, 1.807) is 41.5 Å². The normalized spacial score (nSPS) is 26.1. The molecule has 1 saturated heterocycles. The highest BCUT2D eigenvalue weighted by molar-refractivity contribution is 5.82. The summed E-state index contributed by atoms with van der Waals surface area (Å²) in [6.07, 6.45) is -16.3. The first-order chi connectivity index (χ1) is 37.3. The van der Waals surface area contributed by atoms with Gasteiger partial charge in [0.05, 0.1) is 53.7 Å². The summed E-state index contributed by atoms with van der Waals surface area (Å²) in [5, 5.41) is 82.2. The summed E-state index contributed by atoms with van der Waals surface area (Å²) in [6.45, 7) is 9.79. The number of non-ortho nitro benzene ring substituents is 2. The number of nitrogens with one attached hydrogen (secondary N) is 5. The second-order valence-electron chi connectivity index (χ2n) is 21.3. The van der Waals surface area contributed by atoms with E-state index in [0.29, 0.717) is 11.1 Å². The highest BCUT2D eigenvalue weighted by Crippen LogP contribution is 2.35. The monoisotopic (exact) mass is 1130 g/mol. The Bertz CT molecular complexity index is 2550. The number of nitrogens with zero attached hydrogens (tertiary/aromatic N) is 3. The average molecular weight is 1140 g/mol. The fraction of sp³-hybridized carbons (Fsp3) is 0.600. The Hall–Kier alpha value is -7.48. The van der Waals surface area contributed by atoms with Crippen LogP contribution in [0.3, 0.4) is 0 Å². The van der Waals surface area contributed by atoms with Crippen molar-refractivity contribution in [1.29, 1.82) is 0 Å². The Morgan fingerprint density at radius 3 is 1.75 bits per heavy atom. The second kappa shape index (κ2) is 27.1. The van der Waals surface area contributed by atoms with Crippen LogP contribution in [0.2, 0.25) is 0 Å². The number of likely N-dealkylation sites (N-methyl/N-ethyl adjacent to an activating group) is 1. The maximum absolute atomic E-state index is 13.9. The first-order valence-electron chi connectivity index (χ1n) is 25.2. The molecule has 2 aliphatic heterocycles. The van der Waals surface area contributed by atoms with Crippen molar-refractivity contribution in [2.75, 3.05) is 26.7 Å². The van der Waals surface area contributed by atoms with Crippen molar-refractivity contribution in [1.82, 2.24) is 31.5 Å². The highest BCUT2D eigenvalue weighted by Gasteiger charge is 2.55. The standard InChI is InChI=1S/C50H70N8O22/c1-26(59)51-21-31-18-19-32(54-45(65)73-23-27-10-14-29(15-11-27)57(69)70)42(76-31)77-39-34(55-46(66)74-24-28-12-16-30(17-13-28)58(71)72)20-33(53-41(63)35(60)22-52-44(64)79-48(2,3)4)38(36(39)61)78-43-37(62)40(50(8,68)25-75-43)56(9)47(67)80-49(5,6)7/h10-18,32-40,42-43,60-62,68H,19-25H2,1-9H3,(H,51,59)(H,52,64)(H,53,63)(H,54,65)(H,55,66)/t32-,33-,34+,35-,36-,37-,38+,39-,40-,42-,43-,50+/m1/s1. The highest BCUT2D eigenvalue weighted by atomic mass is 16.7. The summed E-state index contributed by atoms with van der Waals surface area (Å²) in [5.74, 6) is -1.51. The lowest BCUT2D eigenvalue weighted by atomic mass is 9.82. The fourth-order valence-electron chi connectivity index (χ4n) is 8.51. The van der Waals surface area contributed by atoms with Crippen LogP contribution in [0.4, 0.5) is 30.6 Å². The molecule has 0 aromatic heterocycles. The molecule has 2 aromatic carbocycles. The van der Waals surface area contributed by atoms with E-state index in [1.807, 2.05) is 0 Å². The van der Waals surface area contributed by atoms with Gasteiger partial charge in [-0.3, -0.25) is 29.8 Å². The molecule has 1 aliphatic carbocycles. The van der Waals surface area contributed by atoms with Crippen molar-refractivity contribution in [3.8, 4) is 0 Å². The van der Waals surface area contributed by atoms with Crippen molar-refractivity contribution in [3.63, 3.8) is 0 Å². The van der Waals surface area contributed by atoms with Gasteiger partial charge in [-0.1, -0.05) is 0 Å². The number of amides is 6. The van der Waals surface area contributed by atoms with Gasteiger partial charge < -0.3 is 89.8 Å². The predicted molar refractivity (Wildman–Crippen MR) is 273 cm³/mol. The molecule has 30 heteroatoms. The summed E-state index contributed by atoms with van der Waals surface area (Å²) in [5.41, 5.74) is -3.67. The zero-order valence-corrected chi connectivity index (χ0v) is 45.5. The molecule has 2 fully saturated rings. The van der Waals surface area contributed by atoms with Gasteiger partial charge in [0.15, 0.2) is 6.29 Å². The Kier molecular flexibility index (Phi) is 21.5. The van der Waals surface area contributed by atoms with E-state index in [-0.39, 0.29) is 36.7 Å². The number of nitro benzene ring substituents is 2. The zero-order chi connectivity index (χ0) is 59.4. The number of nitro groups is 2. The van der Waals surface area contributed by atoms with E-state index >= 15 is 0 Å². The number of aliphatic hydroxyl groups excluding tert-OH is 3. The molecule has 0 radical (unpaired) electrons. The maximum Gasteiger partial charge on any atom is 0.410 e. The van der Waals surface area contributed by atoms with Crippen LogP contribution in [0.1, 0.15) is 79.4 Å². The van der Waals surface area contributed by atoms with Crippen LogP contribution in [-0.4, -0.2) is 182 Å². The molecule has 80 heavy (non-hydrogen) atoms. The Morgan fingerprint density at radius 1 is 0.750 bits per heavy atom. The third kappa shape index (κ3) is 18.6. The fourth-order valence-corrected chi connectivity index (χ4v) is 8.51. The van der Waals surface area contributed by atoms with Crippen molar-refractivity contribution >= 4 is 47.6 Å². The van der Waals surface area contributed by atoms with Crippen LogP contribution in [0.15, 0.2) is 60.4 Å². The van der Waals surface area contributed by atoms with Gasteiger partial charge in [-0.05, 0) is 103 Å². The van der Waals surface area contributed by atoms with Crippen LogP contribution < -0.4 is 26.6 Å². The topological polar surface area (TPSA) is 407 Å². The van der Waals surface area contributed by atoms with Crippen molar-refractivity contribution < 1.29 is 96.9 Å². The van der Waals surface area contributed by atoms with Crippen LogP contribution in [-0.2, 0) is 60.7 Å². The number of alkyl carbamates (subject to hydrolysis) is 3. The number of carbonyl (C=O) groups excluding carboxylic acids is 6. The smallest absolute Gasteiger partial charge is 0.410 e. The lowest BCUT2D eigenvalue weighted by Gasteiger charge is -2.50. The molecule has 2 aromatic rings. The molecule has 9 N–H and O–H groups in total. The van der Waals surface area contributed by atoms with Gasteiger partial charge >= 0.3 is 24.4 Å². The van der Waals surface area contributed by atoms with E-state index in [4.69, 9.17) is 37.9 Å². The third-order valence-electron chi connectivity index (χ3n) is 12.3. The molecule has 30 nitrogen and oxygen atoms in total. The molecule has 3 aliphatic rings. The molecule has 0 unspecified atom stereocenters. The quantitative estimate of drug-likeness (QED) is 0.0550. The van der Waals surface area contributed by atoms with Gasteiger partial charge in [0.1, 0.15) is 66.3 Å². The first-order valence-corrected chi connectivity index (χ1v) is 25.2. The number of benzene rings is 2. The van der Waals surface area contributed by atoms with Gasteiger partial charge in [0.25, 0.3) is 17.3 Å². The summed E-state index contributed by atoms with van der Waals surface area (Å²) in [7, 11) is 1.25. The van der Waals surface area contributed by atoms with Gasteiger partial charge in [0.2, 0.25) is 12.2 Å². The molecular weight excluding hydrogens is 1060 g/mol. The van der Waals surface area contributed by atoms with Gasteiger partial charge in [-0.25, -0.2) is 19.2 Å². The summed E-state index contributed by atoms with van der Waals surface area (Å²) in [6, 6.07) is 4.51. The molecule has 5 rings (SSSR count). The van der Waals surface area contributed by atoms with Crippen molar-refractivity contribution in [3.05, 3.63) is 91.7 Å². The number of aliphatic hydroxyl groups is 4. The molecule has 6 amide bonds. The van der Waals surface area contributed by atoms with E-state index in [2.05, 4.69) is 26.6 Å². The number of rotatable bonds is 19. The van der Waals surface area contributed by atoms with Crippen LogP contribution in [0.25, 0.3) is 0 Å². The Labute approximate surface area is 459 Å². The van der Waals surface area contributed by atoms with Gasteiger partial charge in [-0.2, -0.15) is 0 Å². The number of hydrogen-bond acceptors (Lipinski definition) is 22. The van der Waals surface area contributed by atoms with E-state index in [1.165, 1.54) is 75.5 Å². The predicted octanol–water partition coefficient (Wildman–Crippen LogP) is 1.77. The summed E-state index contributed by atoms with van der Waals surface area (Å²) in [4.78, 5) is 101. The molecular formula is C50H70N8O22. The third-order valence-corrected chi connectivity index (χ3v) is 12.3. The molecule has 0 bridgehead atoms. The number of ether oxygens (including phenoxy) is 8. The van der Waals surface area contributed by atoms with Crippen molar-refractivity contribution in [2.45, 2.75) is 166 Å². The van der Waals surface area contributed by atoms with Crippen LogP contribution in [0.5, 0.6) is 0 Å². The SMILES string of the molecule is CC(=O)NCC1=CC[C@@H](NC(=O)OCc2ccc([N+](=O)[O-])cc2)[C@@H](O[C@H]2[C@H](O)[C@@H](O[C@H]3OC[C@](C)(O)[C@H](N(C)C(=O)OC(C)(C)C)[C@H]3O)[C@H](NC(=O)[C@H](O)CNC(=O)OC(C)(C)C)C[C@@H]2NC(=O)OCc2ccc([N+](=O)[O-])cc2)O1. The lowest BCUT2D eigenvalue weighted by Crippen LogP contribution is -2.71. The summed E-state index contributed by atoms with van der Waals surface area (Å²) < 4.78 is 46.4. The molecule has 2 heterocycles. The van der Waals surface area contributed by atoms with E-state index in [0.717, 1.165) is 4.90 Å². The van der Waals surface area contributed by atoms with Crippen LogP contribution >= 0.6 is 0 Å². The molecule has 12 atom stereocenters.